The van der Waals surface area contributed by atoms with Crippen molar-refractivity contribution in [2.45, 2.75) is 17.4 Å². The highest BCUT2D eigenvalue weighted by atomic mass is 35.5. The number of rotatable bonds is 10. The van der Waals surface area contributed by atoms with E-state index in [1.807, 2.05) is 6.07 Å². The minimum Gasteiger partial charge on any atom is -0.480 e. The van der Waals surface area contributed by atoms with Gasteiger partial charge in [-0.15, -0.1) is 0 Å². The summed E-state index contributed by atoms with van der Waals surface area (Å²) in [6.45, 7) is 0. The topological polar surface area (TPSA) is 122 Å². The van der Waals surface area contributed by atoms with Crippen molar-refractivity contribution in [3.05, 3.63) is 118 Å². The Bertz CT molecular complexity index is 1600. The van der Waals surface area contributed by atoms with Gasteiger partial charge in [-0.25, -0.2) is 13.2 Å². The van der Waals surface area contributed by atoms with Crippen molar-refractivity contribution in [3.63, 3.8) is 0 Å². The van der Waals surface area contributed by atoms with Crippen molar-refractivity contribution in [3.8, 4) is 11.5 Å². The van der Waals surface area contributed by atoms with E-state index < -0.39 is 27.9 Å². The standard InChI is InChI=1S/C28H22Cl2N2O6S/c29-20-12-15-25(22(30)17-20)38-26-9-5-4-8-23(26)32-39(36,37)21-13-10-19(11-14-21)27(33)31-24(28(34)35)16-18-6-2-1-3-7-18/h1-15,17,24,32H,16H2,(H,31,33)(H,34,35). The largest absolute Gasteiger partial charge is 0.480 e. The minimum atomic E-state index is -4.07. The number of para-hydroxylation sites is 2. The lowest BCUT2D eigenvalue weighted by Crippen LogP contribution is -2.42. The van der Waals surface area contributed by atoms with Gasteiger partial charge in [0.1, 0.15) is 11.8 Å². The highest BCUT2D eigenvalue weighted by molar-refractivity contribution is 7.92. The number of hydrogen-bond acceptors (Lipinski definition) is 5. The van der Waals surface area contributed by atoms with E-state index in [0.29, 0.717) is 5.02 Å². The monoisotopic (exact) mass is 584 g/mol. The molecule has 0 aliphatic rings. The van der Waals surface area contributed by atoms with Crippen LogP contribution in [-0.4, -0.2) is 31.4 Å². The first-order valence-corrected chi connectivity index (χ1v) is 13.8. The highest BCUT2D eigenvalue weighted by Gasteiger charge is 2.22. The van der Waals surface area contributed by atoms with Gasteiger partial charge in [-0.3, -0.25) is 9.52 Å². The molecule has 1 unspecified atom stereocenters. The average Bonchev–Trinajstić information content (AvgIpc) is 2.91. The molecule has 11 heteroatoms. The Morgan fingerprint density at radius 3 is 2.18 bits per heavy atom. The zero-order valence-electron chi connectivity index (χ0n) is 20.2. The van der Waals surface area contributed by atoms with Gasteiger partial charge >= 0.3 is 5.97 Å². The fourth-order valence-corrected chi connectivity index (χ4v) is 5.11. The van der Waals surface area contributed by atoms with Crippen LogP contribution in [0.2, 0.25) is 10.0 Å². The van der Waals surface area contributed by atoms with E-state index in [2.05, 4.69) is 10.0 Å². The number of amides is 1. The van der Waals surface area contributed by atoms with Gasteiger partial charge in [0, 0.05) is 17.0 Å². The van der Waals surface area contributed by atoms with E-state index in [1.165, 1.54) is 36.4 Å². The summed E-state index contributed by atoms with van der Waals surface area (Å²) in [5.74, 6) is -1.33. The number of benzene rings is 4. The second-order valence-corrected chi connectivity index (χ2v) is 10.9. The Balaban J connectivity index is 1.47. The Labute approximate surface area is 235 Å². The zero-order valence-corrected chi connectivity index (χ0v) is 22.5. The van der Waals surface area contributed by atoms with E-state index in [1.54, 1.807) is 54.6 Å². The van der Waals surface area contributed by atoms with E-state index in [-0.39, 0.29) is 39.1 Å². The molecule has 0 aliphatic carbocycles. The molecular formula is C28H22Cl2N2O6S. The normalized spacial score (nSPS) is 11.8. The third-order valence-electron chi connectivity index (χ3n) is 5.56. The first kappa shape index (κ1) is 28.0. The molecule has 39 heavy (non-hydrogen) atoms. The summed E-state index contributed by atoms with van der Waals surface area (Å²) < 4.78 is 34.4. The summed E-state index contributed by atoms with van der Waals surface area (Å²) in [6, 6.07) is 23.9. The number of carbonyl (C=O) groups is 2. The van der Waals surface area contributed by atoms with Gasteiger partial charge in [-0.2, -0.15) is 0 Å². The molecule has 3 N–H and O–H groups in total. The Hall–Kier alpha value is -4.05. The molecule has 1 amide bonds. The van der Waals surface area contributed by atoms with Gasteiger partial charge in [-0.05, 0) is 60.2 Å². The number of carboxylic acid groups (broad SMARTS) is 1. The van der Waals surface area contributed by atoms with Crippen LogP contribution in [0.15, 0.2) is 102 Å². The van der Waals surface area contributed by atoms with Crippen molar-refractivity contribution < 1.29 is 27.9 Å². The number of sulfonamides is 1. The minimum absolute atomic E-state index is 0.0982. The van der Waals surface area contributed by atoms with Crippen LogP contribution >= 0.6 is 23.2 Å². The number of ether oxygens (including phenoxy) is 1. The number of anilines is 1. The number of aliphatic carboxylic acids is 1. The SMILES string of the molecule is O=C(NC(Cc1ccccc1)C(=O)O)c1ccc(S(=O)(=O)Nc2ccccc2Oc2ccc(Cl)cc2Cl)cc1. The number of nitrogens with one attached hydrogen (secondary N) is 2. The molecule has 0 radical (unpaired) electrons. The molecule has 1 atom stereocenters. The van der Waals surface area contributed by atoms with Crippen molar-refractivity contribution in [2.24, 2.45) is 0 Å². The lowest BCUT2D eigenvalue weighted by molar-refractivity contribution is -0.139. The molecule has 0 bridgehead atoms. The second kappa shape index (κ2) is 12.2. The molecule has 0 saturated heterocycles. The maximum Gasteiger partial charge on any atom is 0.326 e. The lowest BCUT2D eigenvalue weighted by atomic mass is 10.1. The summed E-state index contributed by atoms with van der Waals surface area (Å²) in [4.78, 5) is 24.3. The van der Waals surface area contributed by atoms with Crippen LogP contribution in [0.25, 0.3) is 0 Å². The van der Waals surface area contributed by atoms with Crippen LogP contribution in [0.4, 0.5) is 5.69 Å². The summed E-state index contributed by atoms with van der Waals surface area (Å²) >= 11 is 12.1. The third-order valence-corrected chi connectivity index (χ3v) is 7.47. The fraction of sp³-hybridized carbons (Fsp3) is 0.0714. The Morgan fingerprint density at radius 2 is 1.51 bits per heavy atom. The van der Waals surface area contributed by atoms with Gasteiger partial charge in [0.15, 0.2) is 5.75 Å². The molecule has 200 valence electrons. The lowest BCUT2D eigenvalue weighted by Gasteiger charge is -2.15. The summed E-state index contributed by atoms with van der Waals surface area (Å²) in [5, 5.41) is 12.7. The second-order valence-electron chi connectivity index (χ2n) is 8.36. The molecule has 0 aliphatic heterocycles. The molecule has 0 saturated carbocycles. The van der Waals surface area contributed by atoms with Crippen molar-refractivity contribution in [2.75, 3.05) is 4.72 Å². The quantitative estimate of drug-likeness (QED) is 0.210. The van der Waals surface area contributed by atoms with Crippen molar-refractivity contribution in [1.29, 1.82) is 0 Å². The number of halogens is 2. The van der Waals surface area contributed by atoms with Crippen LogP contribution in [0.3, 0.4) is 0 Å². The van der Waals surface area contributed by atoms with Gasteiger partial charge in [0.25, 0.3) is 15.9 Å². The van der Waals surface area contributed by atoms with E-state index in [0.717, 1.165) is 5.56 Å². The molecule has 4 rings (SSSR count). The first-order chi connectivity index (χ1) is 18.6. The van der Waals surface area contributed by atoms with E-state index >= 15 is 0 Å². The average molecular weight is 585 g/mol. The van der Waals surface area contributed by atoms with Crippen LogP contribution in [-0.2, 0) is 21.2 Å². The molecular weight excluding hydrogens is 563 g/mol. The van der Waals surface area contributed by atoms with Crippen LogP contribution in [0.5, 0.6) is 11.5 Å². The molecule has 0 spiro atoms. The van der Waals surface area contributed by atoms with E-state index in [9.17, 15) is 23.1 Å². The van der Waals surface area contributed by atoms with Crippen molar-refractivity contribution >= 4 is 50.8 Å². The van der Waals surface area contributed by atoms with E-state index in [4.69, 9.17) is 27.9 Å². The zero-order chi connectivity index (χ0) is 28.0. The maximum absolute atomic E-state index is 13.1. The molecule has 0 heterocycles. The highest BCUT2D eigenvalue weighted by Crippen LogP contribution is 2.35. The number of carbonyl (C=O) groups excluding carboxylic acids is 1. The maximum atomic E-state index is 13.1. The number of carboxylic acids is 1. The molecule has 8 nitrogen and oxygen atoms in total. The Kier molecular flexibility index (Phi) is 8.75. The fourth-order valence-electron chi connectivity index (χ4n) is 3.60. The number of hydrogen-bond donors (Lipinski definition) is 3. The van der Waals surface area contributed by atoms with Gasteiger partial charge in [0.2, 0.25) is 0 Å². The molecule has 0 fully saturated rings. The van der Waals surface area contributed by atoms with Gasteiger partial charge in [-0.1, -0.05) is 65.7 Å². The Morgan fingerprint density at radius 1 is 0.846 bits per heavy atom. The van der Waals surface area contributed by atoms with Gasteiger partial charge < -0.3 is 15.2 Å². The predicted octanol–water partition coefficient (Wildman–Crippen LogP) is 6.01. The third kappa shape index (κ3) is 7.29. The smallest absolute Gasteiger partial charge is 0.326 e. The van der Waals surface area contributed by atoms with Gasteiger partial charge in [0.05, 0.1) is 15.6 Å². The molecule has 4 aromatic carbocycles. The molecule has 0 aromatic heterocycles. The van der Waals surface area contributed by atoms with Crippen LogP contribution in [0.1, 0.15) is 15.9 Å². The van der Waals surface area contributed by atoms with Crippen LogP contribution < -0.4 is 14.8 Å². The summed E-state index contributed by atoms with van der Waals surface area (Å²) in [6.07, 6.45) is 0.0982. The first-order valence-electron chi connectivity index (χ1n) is 11.5. The predicted molar refractivity (Wildman–Crippen MR) is 149 cm³/mol. The summed E-state index contributed by atoms with van der Waals surface area (Å²) in [7, 11) is -4.07. The van der Waals surface area contributed by atoms with Crippen molar-refractivity contribution in [1.82, 2.24) is 5.32 Å². The molecule has 4 aromatic rings. The van der Waals surface area contributed by atoms with Crippen LogP contribution in [0, 0.1) is 0 Å². The summed E-state index contributed by atoms with van der Waals surface area (Å²) in [5.41, 5.74) is 1.02.